The van der Waals surface area contributed by atoms with Crippen molar-refractivity contribution in [2.45, 2.75) is 66.2 Å². The lowest BCUT2D eigenvalue weighted by Crippen LogP contribution is -3.13. The van der Waals surface area contributed by atoms with Gasteiger partial charge >= 0.3 is 0 Å². The molecule has 8 heteroatoms. The number of aliphatic carboxylic acids is 1. The Balaban J connectivity index is 0. The fraction of sp³-hybridized carbons (Fsp3) is 0.905. The van der Waals surface area contributed by atoms with Gasteiger partial charge in [-0.15, -0.1) is 0 Å². The van der Waals surface area contributed by atoms with Crippen molar-refractivity contribution < 1.29 is 34.9 Å². The molecular weight excluding hydrogens is 376 g/mol. The zero-order valence-electron chi connectivity index (χ0n) is 18.8. The van der Waals surface area contributed by atoms with Crippen LogP contribution in [0.2, 0.25) is 0 Å². The first-order valence-corrected chi connectivity index (χ1v) is 10.7. The van der Waals surface area contributed by atoms with Crippen LogP contribution in [0, 0.1) is 11.3 Å². The van der Waals surface area contributed by atoms with Gasteiger partial charge in [0.05, 0.1) is 19.8 Å². The van der Waals surface area contributed by atoms with Gasteiger partial charge in [0.15, 0.2) is 0 Å². The largest absolute Gasteiger partial charge is 0.550 e. The molecule has 0 aromatic rings. The molecule has 1 amide bonds. The van der Waals surface area contributed by atoms with E-state index in [4.69, 9.17) is 15.3 Å². The molecule has 29 heavy (non-hydrogen) atoms. The minimum absolute atomic E-state index is 0.0941. The van der Waals surface area contributed by atoms with Gasteiger partial charge in [0, 0.05) is 18.9 Å². The zero-order chi connectivity index (χ0) is 22.7. The highest BCUT2D eigenvalue weighted by molar-refractivity contribution is 5.76. The van der Waals surface area contributed by atoms with Gasteiger partial charge in [-0.05, 0) is 37.0 Å². The van der Waals surface area contributed by atoms with E-state index in [0.29, 0.717) is 44.9 Å². The molecule has 0 aromatic heterocycles. The molecule has 0 bridgehead atoms. The SMILES string of the molecule is CC(CC(=O)NCCCCCC(=O)[O-])CC(C)(C)C.OCC[NH+](CCO)CCO. The van der Waals surface area contributed by atoms with Crippen molar-refractivity contribution in [3.8, 4) is 0 Å². The maximum Gasteiger partial charge on any atom is 0.220 e. The molecule has 0 heterocycles. The average molecular weight is 421 g/mol. The molecule has 1 unspecified atom stereocenters. The number of amides is 1. The monoisotopic (exact) mass is 420 g/mol. The lowest BCUT2D eigenvalue weighted by atomic mass is 9.84. The number of hydrogen-bond acceptors (Lipinski definition) is 6. The van der Waals surface area contributed by atoms with Crippen molar-refractivity contribution in [3.05, 3.63) is 0 Å². The number of carboxylic acids is 1. The summed E-state index contributed by atoms with van der Waals surface area (Å²) in [4.78, 5) is 22.9. The summed E-state index contributed by atoms with van der Waals surface area (Å²) >= 11 is 0. The van der Waals surface area contributed by atoms with E-state index in [2.05, 4.69) is 33.0 Å². The van der Waals surface area contributed by atoms with Crippen molar-refractivity contribution in [2.75, 3.05) is 46.0 Å². The van der Waals surface area contributed by atoms with Crippen LogP contribution in [0.3, 0.4) is 0 Å². The molecule has 5 N–H and O–H groups in total. The molecule has 0 fully saturated rings. The lowest BCUT2D eigenvalue weighted by Gasteiger charge is -2.22. The predicted octanol–water partition coefficient (Wildman–Crippen LogP) is -1.28. The Hall–Kier alpha value is -1.22. The third-order valence-electron chi connectivity index (χ3n) is 4.27. The summed E-state index contributed by atoms with van der Waals surface area (Å²) in [6, 6.07) is 0. The van der Waals surface area contributed by atoms with Gasteiger partial charge in [0.2, 0.25) is 5.91 Å². The number of rotatable bonds is 15. The van der Waals surface area contributed by atoms with Gasteiger partial charge in [-0.25, -0.2) is 0 Å². The van der Waals surface area contributed by atoms with E-state index in [1.807, 2.05) is 0 Å². The summed E-state index contributed by atoms with van der Waals surface area (Å²) in [5.41, 5.74) is 0.255. The van der Waals surface area contributed by atoms with E-state index in [-0.39, 0.29) is 37.6 Å². The summed E-state index contributed by atoms with van der Waals surface area (Å²) in [6.07, 6.45) is 3.97. The summed E-state index contributed by atoms with van der Waals surface area (Å²) in [7, 11) is 0. The number of carbonyl (C=O) groups is 2. The van der Waals surface area contributed by atoms with Gasteiger partial charge < -0.3 is 35.4 Å². The smallest absolute Gasteiger partial charge is 0.220 e. The number of carboxylic acid groups (broad SMARTS) is 1. The van der Waals surface area contributed by atoms with Crippen LogP contribution in [0.1, 0.15) is 66.2 Å². The second-order valence-electron chi connectivity index (χ2n) is 8.78. The molecule has 174 valence electrons. The third kappa shape index (κ3) is 24.7. The van der Waals surface area contributed by atoms with Crippen LogP contribution in [0.5, 0.6) is 0 Å². The van der Waals surface area contributed by atoms with Gasteiger partial charge in [0.25, 0.3) is 0 Å². The Bertz CT molecular complexity index is 398. The van der Waals surface area contributed by atoms with Crippen LogP contribution in [0.4, 0.5) is 0 Å². The maximum atomic E-state index is 11.7. The Morgan fingerprint density at radius 3 is 1.90 bits per heavy atom. The second kappa shape index (κ2) is 18.8. The highest BCUT2D eigenvalue weighted by Crippen LogP contribution is 2.25. The predicted molar refractivity (Wildman–Crippen MR) is 111 cm³/mol. The Kier molecular flexibility index (Phi) is 19.4. The fourth-order valence-electron chi connectivity index (χ4n) is 3.15. The average Bonchev–Trinajstić information content (AvgIpc) is 2.57. The number of aliphatic hydroxyl groups excluding tert-OH is 3. The van der Waals surface area contributed by atoms with Crippen molar-refractivity contribution in [3.63, 3.8) is 0 Å². The Morgan fingerprint density at radius 2 is 1.48 bits per heavy atom. The Morgan fingerprint density at radius 1 is 0.966 bits per heavy atom. The van der Waals surface area contributed by atoms with Crippen LogP contribution in [-0.4, -0.2) is 73.2 Å². The van der Waals surface area contributed by atoms with E-state index in [1.54, 1.807) is 0 Å². The van der Waals surface area contributed by atoms with Crippen LogP contribution >= 0.6 is 0 Å². The van der Waals surface area contributed by atoms with Crippen molar-refractivity contribution in [1.29, 1.82) is 0 Å². The summed E-state index contributed by atoms with van der Waals surface area (Å²) in [5, 5.41) is 38.6. The summed E-state index contributed by atoms with van der Waals surface area (Å²) in [6.45, 7) is 11.4. The molecule has 0 aliphatic carbocycles. The normalized spacial score (nSPS) is 12.3. The first-order valence-electron chi connectivity index (χ1n) is 10.7. The Labute approximate surface area is 176 Å². The molecule has 0 spiro atoms. The van der Waals surface area contributed by atoms with Crippen LogP contribution < -0.4 is 15.3 Å². The minimum atomic E-state index is -1.000. The molecule has 0 radical (unpaired) electrons. The zero-order valence-corrected chi connectivity index (χ0v) is 18.8. The lowest BCUT2D eigenvalue weighted by molar-refractivity contribution is -0.901. The maximum absolute atomic E-state index is 11.7. The van der Waals surface area contributed by atoms with E-state index in [1.165, 1.54) is 0 Å². The second-order valence-corrected chi connectivity index (χ2v) is 8.78. The van der Waals surface area contributed by atoms with Gasteiger partial charge in [-0.3, -0.25) is 4.79 Å². The quantitative estimate of drug-likeness (QED) is 0.210. The number of nitrogens with one attached hydrogen (secondary N) is 2. The molecule has 8 nitrogen and oxygen atoms in total. The third-order valence-corrected chi connectivity index (χ3v) is 4.27. The van der Waals surface area contributed by atoms with Crippen molar-refractivity contribution in [2.24, 2.45) is 11.3 Å². The number of hydrogen-bond donors (Lipinski definition) is 5. The number of carbonyl (C=O) groups excluding carboxylic acids is 2. The topological polar surface area (TPSA) is 134 Å². The highest BCUT2D eigenvalue weighted by atomic mass is 16.4. The van der Waals surface area contributed by atoms with Crippen molar-refractivity contribution in [1.82, 2.24) is 5.32 Å². The molecule has 1 atom stereocenters. The van der Waals surface area contributed by atoms with E-state index < -0.39 is 5.97 Å². The van der Waals surface area contributed by atoms with E-state index >= 15 is 0 Å². The van der Waals surface area contributed by atoms with Gasteiger partial charge in [-0.1, -0.05) is 34.1 Å². The highest BCUT2D eigenvalue weighted by Gasteiger charge is 2.17. The molecule has 0 aromatic carbocycles. The fourth-order valence-corrected chi connectivity index (χ4v) is 3.15. The molecular formula is C21H44N2O6. The summed E-state index contributed by atoms with van der Waals surface area (Å²) < 4.78 is 0. The van der Waals surface area contributed by atoms with Crippen LogP contribution in [-0.2, 0) is 9.59 Å². The minimum Gasteiger partial charge on any atom is -0.550 e. The van der Waals surface area contributed by atoms with Gasteiger partial charge in [0.1, 0.15) is 19.6 Å². The van der Waals surface area contributed by atoms with Crippen LogP contribution in [0.25, 0.3) is 0 Å². The molecule has 0 aliphatic heterocycles. The first-order chi connectivity index (χ1) is 13.6. The number of quaternary nitrogens is 1. The molecule has 0 saturated carbocycles. The molecule has 0 saturated heterocycles. The first kappa shape index (κ1) is 30.0. The van der Waals surface area contributed by atoms with Gasteiger partial charge in [-0.2, -0.15) is 0 Å². The van der Waals surface area contributed by atoms with Crippen LogP contribution in [0.15, 0.2) is 0 Å². The number of aliphatic hydroxyl groups is 3. The molecule has 0 aliphatic rings. The van der Waals surface area contributed by atoms with E-state index in [0.717, 1.165) is 24.2 Å². The van der Waals surface area contributed by atoms with E-state index in [9.17, 15) is 14.7 Å². The molecule has 0 rings (SSSR count). The number of unbranched alkanes of at least 4 members (excludes halogenated alkanes) is 2. The summed E-state index contributed by atoms with van der Waals surface area (Å²) in [5.74, 6) is -0.519. The van der Waals surface area contributed by atoms with Crippen molar-refractivity contribution >= 4 is 11.9 Å². The standard InChI is InChI=1S/C15H29NO3.C6H15NO3/c1-12(11-15(2,3)4)10-13(17)16-9-7-5-6-8-14(18)19;8-4-1-7(2-5-9)3-6-10/h12H,5-11H2,1-4H3,(H,16,17)(H,18,19);8-10H,1-6H2.